The van der Waals surface area contributed by atoms with Crippen molar-refractivity contribution in [2.45, 2.75) is 24.9 Å². The maximum absolute atomic E-state index is 14.9. The molecule has 3 atom stereocenters. The summed E-state index contributed by atoms with van der Waals surface area (Å²) in [7, 11) is 3.06. The van der Waals surface area contributed by atoms with E-state index in [9.17, 15) is 14.4 Å². The zero-order valence-corrected chi connectivity index (χ0v) is 24.6. The van der Waals surface area contributed by atoms with Crippen molar-refractivity contribution in [1.29, 1.82) is 0 Å². The van der Waals surface area contributed by atoms with Crippen LogP contribution in [0.1, 0.15) is 53.7 Å². The molecule has 0 bridgehead atoms. The molecule has 4 aromatic carbocycles. The normalized spacial score (nSPS) is 21.0. The van der Waals surface area contributed by atoms with E-state index in [1.807, 2.05) is 48.2 Å². The van der Waals surface area contributed by atoms with Crippen molar-refractivity contribution in [3.8, 4) is 11.5 Å². The van der Waals surface area contributed by atoms with E-state index in [1.165, 1.54) is 14.2 Å². The molecular weight excluding hydrogens is 562 g/mol. The Morgan fingerprint density at radius 1 is 0.860 bits per heavy atom. The summed E-state index contributed by atoms with van der Waals surface area (Å²) < 4.78 is 11.6. The summed E-state index contributed by atoms with van der Waals surface area (Å²) in [4.78, 5) is 46.5. The largest absolute Gasteiger partial charge is 0.493 e. The summed E-state index contributed by atoms with van der Waals surface area (Å²) in [5.74, 6) is -0.927. The maximum atomic E-state index is 14.9. The minimum absolute atomic E-state index is 0.230. The van der Waals surface area contributed by atoms with Crippen LogP contribution in [0.2, 0.25) is 5.02 Å². The van der Waals surface area contributed by atoms with Gasteiger partial charge in [-0.25, -0.2) is 0 Å². The van der Waals surface area contributed by atoms with Crippen LogP contribution in [0.25, 0.3) is 6.08 Å². The number of fused-ring (bicyclic) bond motifs is 5. The molecule has 1 saturated heterocycles. The molecule has 0 unspecified atom stereocenters. The first-order valence-corrected chi connectivity index (χ1v) is 14.5. The molecule has 0 aromatic heterocycles. The van der Waals surface area contributed by atoms with Gasteiger partial charge in [0.2, 0.25) is 0 Å². The standard InChI is InChI=1S/C36H28ClNO5/c1-20-11-17-27-22(19-20)14-18-29-36(34(40)24-7-4-5-8-25(24)35(36)41)30(26-9-6-10-28(42-2)33(26)43-3)31(38(27)29)32(39)21-12-15-23(37)16-13-21/h4-19,29-31H,1-3H3/t29-,30+,31+/m1/s1. The van der Waals surface area contributed by atoms with Gasteiger partial charge in [-0.1, -0.05) is 71.8 Å². The molecule has 214 valence electrons. The number of anilines is 1. The lowest BCUT2D eigenvalue weighted by Gasteiger charge is -2.37. The van der Waals surface area contributed by atoms with E-state index in [2.05, 4.69) is 0 Å². The lowest BCUT2D eigenvalue weighted by molar-refractivity contribution is 0.0664. The van der Waals surface area contributed by atoms with Crippen LogP contribution in [0.3, 0.4) is 0 Å². The van der Waals surface area contributed by atoms with Gasteiger partial charge in [0.15, 0.2) is 28.8 Å². The summed E-state index contributed by atoms with van der Waals surface area (Å²) >= 11 is 6.20. The highest BCUT2D eigenvalue weighted by Gasteiger charge is 2.72. The average Bonchev–Trinajstić information content (AvgIpc) is 3.46. The Labute approximate surface area is 254 Å². The molecule has 0 radical (unpaired) electrons. The SMILES string of the molecule is COc1cccc([C@H]2[C@@H](C(=O)c3ccc(Cl)cc3)N3c4ccc(C)cc4C=C[C@@H]3C23C(=O)c2ccccc2C3=O)c1OC. The van der Waals surface area contributed by atoms with Gasteiger partial charge in [0.25, 0.3) is 0 Å². The minimum Gasteiger partial charge on any atom is -0.493 e. The molecule has 2 heterocycles. The number of benzene rings is 4. The predicted octanol–water partition coefficient (Wildman–Crippen LogP) is 6.98. The fraction of sp³-hybridized carbons (Fsp3) is 0.194. The third-order valence-corrected chi connectivity index (χ3v) is 9.38. The van der Waals surface area contributed by atoms with Gasteiger partial charge in [0.1, 0.15) is 11.5 Å². The number of ether oxygens (including phenoxy) is 2. The number of hydrogen-bond acceptors (Lipinski definition) is 6. The Balaban J connectivity index is 1.58. The van der Waals surface area contributed by atoms with Gasteiger partial charge in [0, 0.05) is 38.9 Å². The number of methoxy groups -OCH3 is 2. The van der Waals surface area contributed by atoms with Crippen molar-refractivity contribution in [2.24, 2.45) is 5.41 Å². The molecule has 1 aliphatic carbocycles. The van der Waals surface area contributed by atoms with Gasteiger partial charge in [-0.15, -0.1) is 0 Å². The summed E-state index contributed by atoms with van der Waals surface area (Å²) in [6.45, 7) is 2.01. The number of halogens is 1. The zero-order chi connectivity index (χ0) is 30.0. The van der Waals surface area contributed by atoms with Gasteiger partial charge < -0.3 is 14.4 Å². The van der Waals surface area contributed by atoms with E-state index in [4.69, 9.17) is 21.1 Å². The quantitative estimate of drug-likeness (QED) is 0.185. The molecule has 0 amide bonds. The van der Waals surface area contributed by atoms with E-state index in [1.54, 1.807) is 60.7 Å². The van der Waals surface area contributed by atoms with Crippen molar-refractivity contribution in [1.82, 2.24) is 0 Å². The van der Waals surface area contributed by atoms with Crippen molar-refractivity contribution in [2.75, 3.05) is 19.1 Å². The first kappa shape index (κ1) is 27.2. The van der Waals surface area contributed by atoms with E-state index >= 15 is 0 Å². The fourth-order valence-electron chi connectivity index (χ4n) is 7.38. The van der Waals surface area contributed by atoms with Crippen molar-refractivity contribution >= 4 is 40.7 Å². The Bertz CT molecular complexity index is 1830. The minimum atomic E-state index is -1.64. The van der Waals surface area contributed by atoms with Crippen LogP contribution in [0.15, 0.2) is 91.0 Å². The van der Waals surface area contributed by atoms with Crippen LogP contribution in [-0.2, 0) is 0 Å². The van der Waals surface area contributed by atoms with Crippen LogP contribution in [0.5, 0.6) is 11.5 Å². The molecule has 4 aromatic rings. The van der Waals surface area contributed by atoms with E-state index < -0.39 is 23.4 Å². The second-order valence-electron chi connectivity index (χ2n) is 11.2. The average molecular weight is 590 g/mol. The third kappa shape index (κ3) is 3.69. The van der Waals surface area contributed by atoms with Crippen molar-refractivity contribution in [3.05, 3.63) is 129 Å². The monoisotopic (exact) mass is 589 g/mol. The number of nitrogens with zero attached hydrogens (tertiary/aromatic N) is 1. The second kappa shape index (κ2) is 9.96. The molecule has 6 nitrogen and oxygen atoms in total. The number of Topliss-reactive ketones (excluding diaryl/α,β-unsaturated/α-hetero) is 3. The second-order valence-corrected chi connectivity index (χ2v) is 11.7. The number of carbonyl (C=O) groups excluding carboxylic acids is 3. The molecule has 1 fully saturated rings. The Hall–Kier alpha value is -4.68. The first-order chi connectivity index (χ1) is 20.8. The van der Waals surface area contributed by atoms with E-state index in [0.717, 1.165) is 16.8 Å². The van der Waals surface area contributed by atoms with E-state index in [0.29, 0.717) is 38.8 Å². The number of rotatable bonds is 5. The van der Waals surface area contributed by atoms with Gasteiger partial charge >= 0.3 is 0 Å². The summed E-state index contributed by atoms with van der Waals surface area (Å²) in [5, 5.41) is 0.502. The maximum Gasteiger partial charge on any atom is 0.185 e. The topological polar surface area (TPSA) is 72.9 Å². The molecule has 43 heavy (non-hydrogen) atoms. The van der Waals surface area contributed by atoms with Crippen LogP contribution in [0, 0.1) is 12.3 Å². The van der Waals surface area contributed by atoms with Crippen LogP contribution in [-0.4, -0.2) is 43.7 Å². The number of aryl methyl sites for hydroxylation is 1. The van der Waals surface area contributed by atoms with Gasteiger partial charge in [0.05, 0.1) is 20.3 Å². The number of hydrogen-bond donors (Lipinski definition) is 0. The molecular formula is C36H28ClNO5. The molecule has 1 spiro atoms. The summed E-state index contributed by atoms with van der Waals surface area (Å²) in [6, 6.07) is 23.4. The zero-order valence-electron chi connectivity index (χ0n) is 23.8. The van der Waals surface area contributed by atoms with Crippen LogP contribution >= 0.6 is 11.6 Å². The highest BCUT2D eigenvalue weighted by atomic mass is 35.5. The summed E-state index contributed by atoms with van der Waals surface area (Å²) in [5.41, 5.74) is 2.82. The first-order valence-electron chi connectivity index (χ1n) is 14.1. The molecule has 0 saturated carbocycles. The number of carbonyl (C=O) groups is 3. The van der Waals surface area contributed by atoms with Crippen molar-refractivity contribution < 1.29 is 23.9 Å². The van der Waals surface area contributed by atoms with Crippen LogP contribution in [0.4, 0.5) is 5.69 Å². The third-order valence-electron chi connectivity index (χ3n) is 9.13. The van der Waals surface area contributed by atoms with Crippen LogP contribution < -0.4 is 14.4 Å². The molecule has 7 rings (SSSR count). The highest BCUT2D eigenvalue weighted by molar-refractivity contribution is 6.32. The fourth-order valence-corrected chi connectivity index (χ4v) is 7.51. The summed E-state index contributed by atoms with van der Waals surface area (Å²) in [6.07, 6.45) is 3.88. The molecule has 0 N–H and O–H groups in total. The molecule has 2 aliphatic heterocycles. The lowest BCUT2D eigenvalue weighted by atomic mass is 9.64. The van der Waals surface area contributed by atoms with Gasteiger partial charge in [-0.05, 0) is 55.0 Å². The Morgan fingerprint density at radius 3 is 2.21 bits per heavy atom. The number of ketones is 3. The van der Waals surface area contributed by atoms with Gasteiger partial charge in [-0.2, -0.15) is 0 Å². The highest BCUT2D eigenvalue weighted by Crippen LogP contribution is 2.62. The smallest absolute Gasteiger partial charge is 0.185 e. The van der Waals surface area contributed by atoms with Gasteiger partial charge in [-0.3, -0.25) is 14.4 Å². The Kier molecular flexibility index (Phi) is 6.29. The predicted molar refractivity (Wildman–Crippen MR) is 166 cm³/mol. The Morgan fingerprint density at radius 2 is 1.56 bits per heavy atom. The molecule has 3 aliphatic rings. The molecule has 7 heteroatoms. The van der Waals surface area contributed by atoms with Crippen molar-refractivity contribution in [3.63, 3.8) is 0 Å². The number of para-hydroxylation sites is 1. The lowest BCUT2D eigenvalue weighted by Crippen LogP contribution is -2.48. The van der Waals surface area contributed by atoms with E-state index in [-0.39, 0.29) is 17.3 Å².